The summed E-state index contributed by atoms with van der Waals surface area (Å²) in [5.74, 6) is 0.954. The summed E-state index contributed by atoms with van der Waals surface area (Å²) in [6, 6.07) is 8.10. The van der Waals surface area contributed by atoms with Crippen molar-refractivity contribution in [3.63, 3.8) is 0 Å². The zero-order valence-corrected chi connectivity index (χ0v) is 17.0. The molecule has 2 rings (SSSR count). The summed E-state index contributed by atoms with van der Waals surface area (Å²) in [5, 5.41) is 4.66. The average Bonchev–Trinajstić information content (AvgIpc) is 2.69. The fourth-order valence-electron chi connectivity index (χ4n) is 2.24. The average molecular weight is 423 g/mol. The van der Waals surface area contributed by atoms with Gasteiger partial charge in [-0.2, -0.15) is 5.10 Å². The van der Waals surface area contributed by atoms with E-state index in [0.29, 0.717) is 51.6 Å². The summed E-state index contributed by atoms with van der Waals surface area (Å²) in [5.41, 5.74) is 3.42. The van der Waals surface area contributed by atoms with Crippen LogP contribution in [0.3, 0.4) is 0 Å². The lowest BCUT2D eigenvalue weighted by Gasteiger charge is -2.10. The highest BCUT2D eigenvalue weighted by atomic mass is 35.5. The Balaban J connectivity index is 2.08. The van der Waals surface area contributed by atoms with Crippen LogP contribution < -0.4 is 19.6 Å². The minimum Gasteiger partial charge on any atom is -0.493 e. The third-order valence-electron chi connectivity index (χ3n) is 3.47. The van der Waals surface area contributed by atoms with Crippen LogP contribution in [0.2, 0.25) is 10.0 Å². The molecule has 0 atom stereocenters. The number of amides is 1. The van der Waals surface area contributed by atoms with Crippen molar-refractivity contribution in [2.24, 2.45) is 5.10 Å². The fourth-order valence-corrected chi connectivity index (χ4v) is 2.86. The molecule has 8 heteroatoms. The molecule has 148 valence electrons. The minimum absolute atomic E-state index is 0.333. The van der Waals surface area contributed by atoms with Gasteiger partial charge in [-0.1, -0.05) is 35.9 Å². The van der Waals surface area contributed by atoms with Crippen molar-refractivity contribution in [1.82, 2.24) is 5.43 Å². The number of rotatable bonds is 9. The zero-order chi connectivity index (χ0) is 20.5. The first kappa shape index (κ1) is 21.6. The third-order valence-corrected chi connectivity index (χ3v) is 4.03. The molecule has 6 nitrogen and oxygen atoms in total. The van der Waals surface area contributed by atoms with Crippen LogP contribution in [0, 0.1) is 0 Å². The number of halogens is 2. The number of nitrogens with zero attached hydrogens (tertiary/aromatic N) is 1. The van der Waals surface area contributed by atoms with Crippen molar-refractivity contribution in [2.75, 3.05) is 20.3 Å². The van der Waals surface area contributed by atoms with Gasteiger partial charge in [-0.15, -0.1) is 0 Å². The van der Waals surface area contributed by atoms with Gasteiger partial charge in [0.15, 0.2) is 17.2 Å². The molecule has 0 unspecified atom stereocenters. The number of hydrogen-bond donors (Lipinski definition) is 1. The van der Waals surface area contributed by atoms with E-state index in [9.17, 15) is 4.79 Å². The molecule has 0 aliphatic carbocycles. The van der Waals surface area contributed by atoms with Gasteiger partial charge in [0, 0.05) is 5.56 Å². The second-order valence-corrected chi connectivity index (χ2v) is 6.23. The SMILES string of the molecule is C=CCOc1ccc(C(=O)N/N=C/c2cc(Cl)c(OCC)c(Cl)c2)cc1OC. The van der Waals surface area contributed by atoms with Gasteiger partial charge < -0.3 is 14.2 Å². The highest BCUT2D eigenvalue weighted by Gasteiger charge is 2.11. The van der Waals surface area contributed by atoms with Gasteiger partial charge in [0.25, 0.3) is 5.91 Å². The van der Waals surface area contributed by atoms with Gasteiger partial charge in [0.05, 0.1) is 30.0 Å². The van der Waals surface area contributed by atoms with Crippen LogP contribution in [0.4, 0.5) is 0 Å². The lowest BCUT2D eigenvalue weighted by Crippen LogP contribution is -2.17. The Hall–Kier alpha value is -2.70. The van der Waals surface area contributed by atoms with Crippen molar-refractivity contribution in [3.05, 3.63) is 64.2 Å². The van der Waals surface area contributed by atoms with Gasteiger partial charge in [-0.3, -0.25) is 4.79 Å². The summed E-state index contributed by atoms with van der Waals surface area (Å²) in [7, 11) is 1.50. The molecule has 0 radical (unpaired) electrons. The largest absolute Gasteiger partial charge is 0.493 e. The maximum Gasteiger partial charge on any atom is 0.271 e. The molecule has 0 aromatic heterocycles. The Labute approximate surface area is 173 Å². The molecule has 0 spiro atoms. The number of nitrogens with one attached hydrogen (secondary N) is 1. The van der Waals surface area contributed by atoms with Gasteiger partial charge >= 0.3 is 0 Å². The standard InChI is InChI=1S/C20H20Cl2N2O4/c1-4-8-28-17-7-6-14(11-18(17)26-3)20(25)24-23-12-13-9-15(21)19(27-5-2)16(22)10-13/h4,6-7,9-12H,1,5,8H2,2-3H3,(H,24,25)/b23-12+. The molecule has 0 fully saturated rings. The fraction of sp³-hybridized carbons (Fsp3) is 0.200. The van der Waals surface area contributed by atoms with E-state index >= 15 is 0 Å². The Morgan fingerprint density at radius 3 is 2.50 bits per heavy atom. The predicted molar refractivity (Wildman–Crippen MR) is 111 cm³/mol. The molecular formula is C20H20Cl2N2O4. The number of methoxy groups -OCH3 is 1. The monoisotopic (exact) mass is 422 g/mol. The van der Waals surface area contributed by atoms with Crippen LogP contribution in [0.25, 0.3) is 0 Å². The van der Waals surface area contributed by atoms with Crippen LogP contribution in [0.15, 0.2) is 48.1 Å². The summed E-state index contributed by atoms with van der Waals surface area (Å²) < 4.78 is 16.1. The molecule has 0 heterocycles. The Kier molecular flexibility index (Phi) is 8.17. The minimum atomic E-state index is -0.409. The van der Waals surface area contributed by atoms with Crippen molar-refractivity contribution >= 4 is 35.3 Å². The van der Waals surface area contributed by atoms with E-state index in [1.807, 2.05) is 6.92 Å². The second-order valence-electron chi connectivity index (χ2n) is 5.41. The number of hydrazone groups is 1. The number of benzene rings is 2. The summed E-state index contributed by atoms with van der Waals surface area (Å²) in [6.07, 6.45) is 3.05. The molecule has 0 bridgehead atoms. The summed E-state index contributed by atoms with van der Waals surface area (Å²) in [4.78, 5) is 12.3. The normalized spacial score (nSPS) is 10.6. The predicted octanol–water partition coefficient (Wildman–Crippen LogP) is 4.73. The van der Waals surface area contributed by atoms with Gasteiger partial charge in [-0.25, -0.2) is 5.43 Å². The van der Waals surface area contributed by atoms with E-state index < -0.39 is 5.91 Å². The first-order chi connectivity index (χ1) is 13.5. The third kappa shape index (κ3) is 5.65. The molecule has 28 heavy (non-hydrogen) atoms. The lowest BCUT2D eigenvalue weighted by molar-refractivity contribution is 0.0954. The molecule has 2 aromatic carbocycles. The van der Waals surface area contributed by atoms with Gasteiger partial charge in [0.1, 0.15) is 6.61 Å². The van der Waals surface area contributed by atoms with E-state index in [1.165, 1.54) is 13.3 Å². The topological polar surface area (TPSA) is 69.2 Å². The summed E-state index contributed by atoms with van der Waals surface area (Å²) in [6.45, 7) is 6.21. The second kappa shape index (κ2) is 10.6. The van der Waals surface area contributed by atoms with E-state index in [2.05, 4.69) is 17.1 Å². The Morgan fingerprint density at radius 2 is 1.89 bits per heavy atom. The molecular weight excluding hydrogens is 403 g/mol. The van der Waals surface area contributed by atoms with E-state index in [4.69, 9.17) is 37.4 Å². The van der Waals surface area contributed by atoms with Crippen LogP contribution >= 0.6 is 23.2 Å². The van der Waals surface area contributed by atoms with Crippen LogP contribution in [-0.2, 0) is 0 Å². The van der Waals surface area contributed by atoms with E-state index in [-0.39, 0.29) is 0 Å². The molecule has 0 saturated carbocycles. The first-order valence-electron chi connectivity index (χ1n) is 8.37. The number of hydrogen-bond acceptors (Lipinski definition) is 5. The summed E-state index contributed by atoms with van der Waals surface area (Å²) >= 11 is 12.3. The smallest absolute Gasteiger partial charge is 0.271 e. The molecule has 0 aliphatic heterocycles. The van der Waals surface area contributed by atoms with Crippen molar-refractivity contribution in [2.45, 2.75) is 6.92 Å². The molecule has 1 amide bonds. The van der Waals surface area contributed by atoms with Gasteiger partial charge in [-0.05, 0) is 42.8 Å². The van der Waals surface area contributed by atoms with Gasteiger partial charge in [0.2, 0.25) is 0 Å². The lowest BCUT2D eigenvalue weighted by atomic mass is 10.2. The molecule has 0 aliphatic rings. The number of carbonyl (C=O) groups excluding carboxylic acids is 1. The molecule has 1 N–H and O–H groups in total. The van der Waals surface area contributed by atoms with Crippen LogP contribution in [-0.4, -0.2) is 32.4 Å². The molecule has 0 saturated heterocycles. The number of carbonyl (C=O) groups is 1. The first-order valence-corrected chi connectivity index (χ1v) is 9.12. The van der Waals surface area contributed by atoms with E-state index in [1.54, 1.807) is 36.4 Å². The van der Waals surface area contributed by atoms with Crippen molar-refractivity contribution < 1.29 is 19.0 Å². The Morgan fingerprint density at radius 1 is 1.18 bits per heavy atom. The van der Waals surface area contributed by atoms with Crippen molar-refractivity contribution in [3.8, 4) is 17.2 Å². The Bertz CT molecular complexity index is 861. The molecule has 2 aromatic rings. The highest BCUT2D eigenvalue weighted by Crippen LogP contribution is 2.33. The maximum absolute atomic E-state index is 12.3. The van der Waals surface area contributed by atoms with Crippen LogP contribution in [0.5, 0.6) is 17.2 Å². The zero-order valence-electron chi connectivity index (χ0n) is 15.5. The quantitative estimate of drug-likeness (QED) is 0.360. The maximum atomic E-state index is 12.3. The highest BCUT2D eigenvalue weighted by molar-refractivity contribution is 6.37. The van der Waals surface area contributed by atoms with E-state index in [0.717, 1.165) is 0 Å². The van der Waals surface area contributed by atoms with Crippen molar-refractivity contribution in [1.29, 1.82) is 0 Å². The number of ether oxygens (including phenoxy) is 3. The van der Waals surface area contributed by atoms with Crippen LogP contribution in [0.1, 0.15) is 22.8 Å².